The monoisotopic (exact) mass is 434 g/mol. The SMILES string of the molecule is CCn1c(=O)c2ccccc2n(CC(=O)Nc2ccccc2C(=O)N2CCCCC2)c1=O. The normalized spacial score (nSPS) is 13.8. The standard InChI is InChI=1S/C24H26N4O4/c1-2-27-23(31)18-11-5-7-13-20(18)28(24(27)32)16-21(29)25-19-12-6-4-10-17(19)22(30)26-14-8-3-9-15-26/h4-7,10-13H,2-3,8-9,14-16H2,1H3,(H,25,29). The van der Waals surface area contributed by atoms with Crippen LogP contribution in [0.2, 0.25) is 0 Å². The molecule has 0 unspecified atom stereocenters. The second kappa shape index (κ2) is 9.21. The number of anilines is 1. The average molecular weight is 434 g/mol. The number of carbonyl (C=O) groups is 2. The minimum atomic E-state index is -0.538. The van der Waals surface area contributed by atoms with E-state index in [2.05, 4.69) is 5.32 Å². The molecule has 0 bridgehead atoms. The number of hydrogen-bond acceptors (Lipinski definition) is 4. The molecule has 1 aliphatic heterocycles. The third kappa shape index (κ3) is 4.08. The van der Waals surface area contributed by atoms with Gasteiger partial charge in [0.2, 0.25) is 5.91 Å². The van der Waals surface area contributed by atoms with Crippen LogP contribution in [0.25, 0.3) is 10.9 Å². The summed E-state index contributed by atoms with van der Waals surface area (Å²) in [6.45, 7) is 3.07. The summed E-state index contributed by atoms with van der Waals surface area (Å²) in [6, 6.07) is 13.6. The third-order valence-corrected chi connectivity index (χ3v) is 5.82. The fraction of sp³-hybridized carbons (Fsp3) is 0.333. The van der Waals surface area contributed by atoms with Gasteiger partial charge in [-0.25, -0.2) is 4.79 Å². The molecule has 1 aliphatic rings. The van der Waals surface area contributed by atoms with Crippen molar-refractivity contribution in [3.05, 3.63) is 74.9 Å². The summed E-state index contributed by atoms with van der Waals surface area (Å²) in [5.41, 5.74) is 0.332. The van der Waals surface area contributed by atoms with Gasteiger partial charge >= 0.3 is 5.69 Å². The average Bonchev–Trinajstić information content (AvgIpc) is 2.82. The highest BCUT2D eigenvalue weighted by Gasteiger charge is 2.22. The number of para-hydroxylation sites is 2. The van der Waals surface area contributed by atoms with Crippen LogP contribution in [0.4, 0.5) is 5.69 Å². The van der Waals surface area contributed by atoms with Gasteiger partial charge in [0.15, 0.2) is 0 Å². The van der Waals surface area contributed by atoms with Gasteiger partial charge in [0.05, 0.1) is 22.2 Å². The third-order valence-electron chi connectivity index (χ3n) is 5.82. The van der Waals surface area contributed by atoms with Crippen molar-refractivity contribution in [2.75, 3.05) is 18.4 Å². The van der Waals surface area contributed by atoms with Crippen LogP contribution in [0.5, 0.6) is 0 Å². The van der Waals surface area contributed by atoms with Gasteiger partial charge in [-0.2, -0.15) is 0 Å². The van der Waals surface area contributed by atoms with Crippen LogP contribution in [0.1, 0.15) is 36.5 Å². The number of rotatable bonds is 5. The van der Waals surface area contributed by atoms with E-state index in [1.165, 1.54) is 4.57 Å². The van der Waals surface area contributed by atoms with E-state index < -0.39 is 11.6 Å². The lowest BCUT2D eigenvalue weighted by Crippen LogP contribution is -2.41. The van der Waals surface area contributed by atoms with Crippen molar-refractivity contribution in [2.24, 2.45) is 0 Å². The molecule has 2 aromatic carbocycles. The zero-order chi connectivity index (χ0) is 22.7. The van der Waals surface area contributed by atoms with Gasteiger partial charge in [0, 0.05) is 19.6 Å². The molecule has 1 N–H and O–H groups in total. The molecule has 0 atom stereocenters. The number of benzene rings is 2. The van der Waals surface area contributed by atoms with E-state index in [0.717, 1.165) is 23.8 Å². The molecule has 166 valence electrons. The fourth-order valence-corrected chi connectivity index (χ4v) is 4.18. The van der Waals surface area contributed by atoms with Crippen molar-refractivity contribution in [1.82, 2.24) is 14.0 Å². The largest absolute Gasteiger partial charge is 0.339 e. The molecule has 1 fully saturated rings. The minimum absolute atomic E-state index is 0.109. The minimum Gasteiger partial charge on any atom is -0.339 e. The molecule has 3 aromatic rings. The van der Waals surface area contributed by atoms with Gasteiger partial charge in [0.25, 0.3) is 11.5 Å². The summed E-state index contributed by atoms with van der Waals surface area (Å²) in [5, 5.41) is 3.17. The van der Waals surface area contributed by atoms with Gasteiger partial charge in [-0.1, -0.05) is 24.3 Å². The van der Waals surface area contributed by atoms with Gasteiger partial charge in [-0.15, -0.1) is 0 Å². The van der Waals surface area contributed by atoms with E-state index in [4.69, 9.17) is 0 Å². The van der Waals surface area contributed by atoms with E-state index >= 15 is 0 Å². The summed E-state index contributed by atoms with van der Waals surface area (Å²) < 4.78 is 2.41. The number of hydrogen-bond donors (Lipinski definition) is 1. The molecule has 8 nitrogen and oxygen atoms in total. The van der Waals surface area contributed by atoms with Crippen molar-refractivity contribution in [2.45, 2.75) is 39.3 Å². The Morgan fingerprint density at radius 3 is 2.34 bits per heavy atom. The number of aromatic nitrogens is 2. The Morgan fingerprint density at radius 1 is 0.906 bits per heavy atom. The predicted molar refractivity (Wildman–Crippen MR) is 123 cm³/mol. The van der Waals surface area contributed by atoms with E-state index in [-0.39, 0.29) is 24.6 Å². The van der Waals surface area contributed by atoms with Gasteiger partial charge in [0.1, 0.15) is 6.54 Å². The molecule has 0 radical (unpaired) electrons. The molecule has 0 spiro atoms. The van der Waals surface area contributed by atoms with E-state index in [9.17, 15) is 19.2 Å². The Kier molecular flexibility index (Phi) is 6.20. The van der Waals surface area contributed by atoms with Crippen LogP contribution in [0.3, 0.4) is 0 Å². The van der Waals surface area contributed by atoms with E-state index in [1.54, 1.807) is 55.5 Å². The summed E-state index contributed by atoms with van der Waals surface area (Å²) in [6.07, 6.45) is 3.07. The van der Waals surface area contributed by atoms with Gasteiger partial charge in [-0.3, -0.25) is 23.5 Å². The molecule has 8 heteroatoms. The first-order valence-electron chi connectivity index (χ1n) is 10.9. The highest BCUT2D eigenvalue weighted by atomic mass is 16.2. The number of piperidine rings is 1. The van der Waals surface area contributed by atoms with Crippen molar-refractivity contribution < 1.29 is 9.59 Å². The Bertz CT molecular complexity index is 1290. The first-order chi connectivity index (χ1) is 15.5. The quantitative estimate of drug-likeness (QED) is 0.668. The molecule has 32 heavy (non-hydrogen) atoms. The van der Waals surface area contributed by atoms with Crippen LogP contribution >= 0.6 is 0 Å². The maximum atomic E-state index is 13.0. The molecule has 2 amide bonds. The molecule has 0 saturated carbocycles. The summed E-state index contributed by atoms with van der Waals surface area (Å²) in [5.74, 6) is -0.555. The second-order valence-corrected chi connectivity index (χ2v) is 7.88. The molecule has 2 heterocycles. The van der Waals surface area contributed by atoms with E-state index in [0.29, 0.717) is 35.2 Å². The molecular formula is C24H26N4O4. The summed E-state index contributed by atoms with van der Waals surface area (Å²) >= 11 is 0. The topological polar surface area (TPSA) is 93.4 Å². The van der Waals surface area contributed by atoms with Crippen molar-refractivity contribution in [1.29, 1.82) is 0 Å². The predicted octanol–water partition coefficient (Wildman–Crippen LogP) is 2.45. The van der Waals surface area contributed by atoms with Crippen molar-refractivity contribution in [3.8, 4) is 0 Å². The smallest absolute Gasteiger partial charge is 0.331 e. The van der Waals surface area contributed by atoms with Crippen LogP contribution < -0.4 is 16.6 Å². The lowest BCUT2D eigenvalue weighted by Gasteiger charge is -2.27. The second-order valence-electron chi connectivity index (χ2n) is 7.88. The van der Waals surface area contributed by atoms with Crippen LogP contribution in [0, 0.1) is 0 Å². The molecule has 1 aromatic heterocycles. The van der Waals surface area contributed by atoms with Gasteiger partial charge in [-0.05, 0) is 50.5 Å². The van der Waals surface area contributed by atoms with Crippen molar-refractivity contribution >= 4 is 28.4 Å². The molecule has 1 saturated heterocycles. The lowest BCUT2D eigenvalue weighted by atomic mass is 10.1. The van der Waals surface area contributed by atoms with Crippen LogP contribution in [-0.4, -0.2) is 38.9 Å². The maximum absolute atomic E-state index is 13.0. The molecular weight excluding hydrogens is 408 g/mol. The zero-order valence-corrected chi connectivity index (χ0v) is 18.0. The number of amides is 2. The first-order valence-corrected chi connectivity index (χ1v) is 10.9. The number of likely N-dealkylation sites (tertiary alicyclic amines) is 1. The highest BCUT2D eigenvalue weighted by molar-refractivity contribution is 6.03. The lowest BCUT2D eigenvalue weighted by molar-refractivity contribution is -0.116. The fourth-order valence-electron chi connectivity index (χ4n) is 4.18. The number of carbonyl (C=O) groups excluding carboxylic acids is 2. The highest BCUT2D eigenvalue weighted by Crippen LogP contribution is 2.20. The number of nitrogens with one attached hydrogen (secondary N) is 1. The van der Waals surface area contributed by atoms with Crippen LogP contribution in [-0.2, 0) is 17.9 Å². The Hall–Kier alpha value is -3.68. The zero-order valence-electron chi connectivity index (χ0n) is 18.0. The number of fused-ring (bicyclic) bond motifs is 1. The van der Waals surface area contributed by atoms with Crippen LogP contribution in [0.15, 0.2) is 58.1 Å². The summed E-state index contributed by atoms with van der Waals surface area (Å²) in [7, 11) is 0. The maximum Gasteiger partial charge on any atom is 0.331 e. The Morgan fingerprint density at radius 2 is 1.59 bits per heavy atom. The Labute approximate surface area is 185 Å². The first kappa shape index (κ1) is 21.5. The summed E-state index contributed by atoms with van der Waals surface area (Å²) in [4.78, 5) is 53.2. The molecule has 0 aliphatic carbocycles. The number of nitrogens with zero attached hydrogens (tertiary/aromatic N) is 3. The Balaban J connectivity index is 1.63. The van der Waals surface area contributed by atoms with Gasteiger partial charge < -0.3 is 10.2 Å². The van der Waals surface area contributed by atoms with Crippen molar-refractivity contribution in [3.63, 3.8) is 0 Å². The molecule has 4 rings (SSSR count). The van der Waals surface area contributed by atoms with E-state index in [1.807, 2.05) is 4.90 Å².